The number of nitrogens with one attached hydrogen (secondary N) is 2. The molecule has 2 saturated heterocycles. The molecule has 0 unspecified atom stereocenters. The van der Waals surface area contributed by atoms with E-state index in [4.69, 9.17) is 4.74 Å². The van der Waals surface area contributed by atoms with Gasteiger partial charge in [0.15, 0.2) is 0 Å². The zero-order valence-corrected chi connectivity index (χ0v) is 12.9. The van der Waals surface area contributed by atoms with E-state index in [0.717, 1.165) is 50.9 Å². The lowest BCUT2D eigenvalue weighted by Crippen LogP contribution is -2.27. The number of nitrogens with zero attached hydrogens (tertiary/aromatic N) is 2. The first kappa shape index (κ1) is 14.7. The molecule has 2 fully saturated rings. The normalized spacial score (nSPS) is 23.4. The molecule has 1 atom stereocenters. The van der Waals surface area contributed by atoms with Gasteiger partial charge in [-0.1, -0.05) is 0 Å². The van der Waals surface area contributed by atoms with Crippen molar-refractivity contribution in [2.75, 3.05) is 38.2 Å². The van der Waals surface area contributed by atoms with Gasteiger partial charge in [-0.15, -0.1) is 0 Å². The summed E-state index contributed by atoms with van der Waals surface area (Å²) in [4.78, 5) is 9.17. The van der Waals surface area contributed by atoms with Crippen molar-refractivity contribution in [1.29, 1.82) is 0 Å². The number of hydrogen-bond acceptors (Lipinski definition) is 5. The van der Waals surface area contributed by atoms with Gasteiger partial charge in [0.1, 0.15) is 11.6 Å². The molecule has 0 amide bonds. The highest BCUT2D eigenvalue weighted by atomic mass is 16.5. The Morgan fingerprint density at radius 3 is 2.90 bits per heavy atom. The topological polar surface area (TPSA) is 59.1 Å². The van der Waals surface area contributed by atoms with E-state index < -0.39 is 0 Å². The van der Waals surface area contributed by atoms with Gasteiger partial charge in [-0.2, -0.15) is 0 Å². The molecule has 5 heteroatoms. The van der Waals surface area contributed by atoms with Gasteiger partial charge in [0, 0.05) is 37.4 Å². The number of hydrogen-bond donors (Lipinski definition) is 2. The van der Waals surface area contributed by atoms with E-state index >= 15 is 0 Å². The summed E-state index contributed by atoms with van der Waals surface area (Å²) in [5.41, 5.74) is 1.20. The molecule has 5 nitrogen and oxygen atoms in total. The van der Waals surface area contributed by atoms with E-state index in [-0.39, 0.29) is 0 Å². The van der Waals surface area contributed by atoms with Crippen LogP contribution in [0.1, 0.15) is 43.1 Å². The average molecular weight is 290 g/mol. The smallest absolute Gasteiger partial charge is 0.129 e. The van der Waals surface area contributed by atoms with Crippen molar-refractivity contribution in [2.45, 2.75) is 38.5 Å². The summed E-state index contributed by atoms with van der Waals surface area (Å²) in [5.74, 6) is 3.15. The lowest BCUT2D eigenvalue weighted by Gasteiger charge is -2.22. The number of piperidine rings is 1. The molecule has 0 radical (unpaired) electrons. The van der Waals surface area contributed by atoms with E-state index in [9.17, 15) is 0 Å². The fourth-order valence-electron chi connectivity index (χ4n) is 3.22. The zero-order valence-electron chi connectivity index (χ0n) is 12.9. The van der Waals surface area contributed by atoms with Gasteiger partial charge in [0.25, 0.3) is 0 Å². The van der Waals surface area contributed by atoms with Gasteiger partial charge in [-0.05, 0) is 51.6 Å². The van der Waals surface area contributed by atoms with Crippen LogP contribution < -0.4 is 10.6 Å². The molecule has 0 aliphatic carbocycles. The minimum atomic E-state index is 0.580. The molecule has 2 N–H and O–H groups in total. The highest BCUT2D eigenvalue weighted by molar-refractivity contribution is 5.37. The van der Waals surface area contributed by atoms with Crippen LogP contribution in [0.2, 0.25) is 0 Å². The summed E-state index contributed by atoms with van der Waals surface area (Å²) in [7, 11) is 0. The van der Waals surface area contributed by atoms with E-state index in [2.05, 4.69) is 26.7 Å². The van der Waals surface area contributed by atoms with Gasteiger partial charge in [0.05, 0.1) is 0 Å². The van der Waals surface area contributed by atoms with Crippen LogP contribution in [0, 0.1) is 12.8 Å². The standard InChI is InChI=1S/C16H26N4O/c1-12-19-15(14-3-6-17-7-4-14)10-16(20-12)18-8-2-13-5-9-21-11-13/h10,13-14,17H,2-9,11H2,1H3,(H,18,19,20)/t13-/m1/s1. The van der Waals surface area contributed by atoms with Gasteiger partial charge in [-0.25, -0.2) is 9.97 Å². The number of ether oxygens (including phenoxy) is 1. The van der Waals surface area contributed by atoms with Crippen LogP contribution in [0.3, 0.4) is 0 Å². The fraction of sp³-hybridized carbons (Fsp3) is 0.750. The van der Waals surface area contributed by atoms with E-state index in [0.29, 0.717) is 11.8 Å². The van der Waals surface area contributed by atoms with Crippen molar-refractivity contribution < 1.29 is 4.74 Å². The van der Waals surface area contributed by atoms with Crippen molar-refractivity contribution in [3.8, 4) is 0 Å². The SMILES string of the molecule is Cc1nc(NCC[C@@H]2CCOC2)cc(C2CCNCC2)n1. The Morgan fingerprint density at radius 2 is 2.14 bits per heavy atom. The van der Waals surface area contributed by atoms with Gasteiger partial charge in [-0.3, -0.25) is 0 Å². The summed E-state index contributed by atoms with van der Waals surface area (Å²) >= 11 is 0. The third kappa shape index (κ3) is 4.14. The third-order valence-electron chi connectivity index (χ3n) is 4.50. The van der Waals surface area contributed by atoms with Gasteiger partial charge < -0.3 is 15.4 Å². The second kappa shape index (κ2) is 7.18. The Kier molecular flexibility index (Phi) is 5.04. The molecule has 1 aromatic heterocycles. The Balaban J connectivity index is 1.57. The van der Waals surface area contributed by atoms with Crippen molar-refractivity contribution in [2.24, 2.45) is 5.92 Å². The highest BCUT2D eigenvalue weighted by Gasteiger charge is 2.18. The van der Waals surface area contributed by atoms with E-state index in [1.165, 1.54) is 25.0 Å². The van der Waals surface area contributed by atoms with Crippen LogP contribution >= 0.6 is 0 Å². The molecular weight excluding hydrogens is 264 g/mol. The zero-order chi connectivity index (χ0) is 14.5. The largest absolute Gasteiger partial charge is 0.381 e. The minimum absolute atomic E-state index is 0.580. The molecule has 3 rings (SSSR count). The van der Waals surface area contributed by atoms with Crippen LogP contribution in [0.5, 0.6) is 0 Å². The maximum Gasteiger partial charge on any atom is 0.129 e. The summed E-state index contributed by atoms with van der Waals surface area (Å²) in [6, 6.07) is 2.15. The number of rotatable bonds is 5. The summed E-state index contributed by atoms with van der Waals surface area (Å²) in [6.07, 6.45) is 4.71. The Morgan fingerprint density at radius 1 is 1.29 bits per heavy atom. The first-order valence-corrected chi connectivity index (χ1v) is 8.19. The predicted octanol–water partition coefficient (Wildman–Crippen LogP) is 2.09. The Hall–Kier alpha value is -1.20. The summed E-state index contributed by atoms with van der Waals surface area (Å²) in [6.45, 7) is 7.00. The van der Waals surface area contributed by atoms with Gasteiger partial charge in [0.2, 0.25) is 0 Å². The lowest BCUT2D eigenvalue weighted by atomic mass is 9.94. The van der Waals surface area contributed by atoms with Crippen molar-refractivity contribution in [1.82, 2.24) is 15.3 Å². The summed E-state index contributed by atoms with van der Waals surface area (Å²) in [5, 5.41) is 6.88. The molecule has 0 saturated carbocycles. The maximum atomic E-state index is 5.42. The molecule has 116 valence electrons. The molecule has 2 aliphatic rings. The molecule has 0 aromatic carbocycles. The second-order valence-corrected chi connectivity index (χ2v) is 6.19. The van der Waals surface area contributed by atoms with Gasteiger partial charge >= 0.3 is 0 Å². The van der Waals surface area contributed by atoms with Crippen LogP contribution in [-0.4, -0.2) is 42.8 Å². The van der Waals surface area contributed by atoms with E-state index in [1.54, 1.807) is 0 Å². The minimum Gasteiger partial charge on any atom is -0.381 e. The van der Waals surface area contributed by atoms with Crippen molar-refractivity contribution in [3.05, 3.63) is 17.6 Å². The van der Waals surface area contributed by atoms with Crippen LogP contribution in [0.25, 0.3) is 0 Å². The fourth-order valence-corrected chi connectivity index (χ4v) is 3.22. The van der Waals surface area contributed by atoms with Crippen LogP contribution in [0.4, 0.5) is 5.82 Å². The Bertz CT molecular complexity index is 454. The van der Waals surface area contributed by atoms with Crippen molar-refractivity contribution in [3.63, 3.8) is 0 Å². The predicted molar refractivity (Wildman–Crippen MR) is 83.6 cm³/mol. The molecule has 1 aromatic rings. The maximum absolute atomic E-state index is 5.42. The first-order valence-electron chi connectivity index (χ1n) is 8.19. The number of anilines is 1. The molecule has 3 heterocycles. The third-order valence-corrected chi connectivity index (χ3v) is 4.50. The Labute approximate surface area is 126 Å². The summed E-state index contributed by atoms with van der Waals surface area (Å²) < 4.78 is 5.42. The monoisotopic (exact) mass is 290 g/mol. The molecule has 0 bridgehead atoms. The molecule has 21 heavy (non-hydrogen) atoms. The quantitative estimate of drug-likeness (QED) is 0.869. The van der Waals surface area contributed by atoms with Crippen LogP contribution in [-0.2, 0) is 4.74 Å². The average Bonchev–Trinajstić information content (AvgIpc) is 3.01. The molecule has 0 spiro atoms. The van der Waals surface area contributed by atoms with Crippen molar-refractivity contribution >= 4 is 5.82 Å². The molecule has 2 aliphatic heterocycles. The number of aryl methyl sites for hydroxylation is 1. The lowest BCUT2D eigenvalue weighted by molar-refractivity contribution is 0.185. The van der Waals surface area contributed by atoms with E-state index in [1.807, 2.05) is 6.92 Å². The highest BCUT2D eigenvalue weighted by Crippen LogP contribution is 2.25. The van der Waals surface area contributed by atoms with Crippen LogP contribution in [0.15, 0.2) is 6.07 Å². The number of aromatic nitrogens is 2. The first-order chi connectivity index (χ1) is 10.3. The molecular formula is C16H26N4O. The second-order valence-electron chi connectivity index (χ2n) is 6.19.